The molecule has 1 fully saturated rings. The highest BCUT2D eigenvalue weighted by atomic mass is 16.2. The molecule has 0 aliphatic carbocycles. The van der Waals surface area contributed by atoms with Crippen molar-refractivity contribution in [2.45, 2.75) is 58.5 Å². The van der Waals surface area contributed by atoms with Crippen molar-refractivity contribution in [3.05, 3.63) is 71.3 Å². The third kappa shape index (κ3) is 6.91. The van der Waals surface area contributed by atoms with Gasteiger partial charge in [0.15, 0.2) is 0 Å². The van der Waals surface area contributed by atoms with Crippen LogP contribution in [0.15, 0.2) is 54.6 Å². The molecule has 6 nitrogen and oxygen atoms in total. The standard InChI is InChI=1S/C27H35N3O3/c1-4-20(3)28-27(33)25(29-26(32)23-12-8-9-19(2)17-23)22-13-15-30(16-14-22)24(31)18-21-10-6-5-7-11-21/h5-12,17,20,22,25H,4,13-16,18H2,1-3H3,(H,28,33)(H,29,32). The number of carbonyl (C=O) groups is 3. The lowest BCUT2D eigenvalue weighted by Crippen LogP contribution is -2.55. The minimum Gasteiger partial charge on any atom is -0.352 e. The van der Waals surface area contributed by atoms with E-state index in [0.29, 0.717) is 37.9 Å². The van der Waals surface area contributed by atoms with Gasteiger partial charge in [0.1, 0.15) is 6.04 Å². The number of nitrogens with zero attached hydrogens (tertiary/aromatic N) is 1. The maximum atomic E-state index is 13.1. The molecule has 2 N–H and O–H groups in total. The molecule has 1 heterocycles. The van der Waals surface area contributed by atoms with Crippen LogP contribution in [0.3, 0.4) is 0 Å². The molecule has 2 aromatic rings. The number of carbonyl (C=O) groups excluding carboxylic acids is 3. The first kappa shape index (κ1) is 24.5. The minimum atomic E-state index is -0.626. The number of piperidine rings is 1. The lowest BCUT2D eigenvalue weighted by atomic mass is 9.88. The van der Waals surface area contributed by atoms with Crippen LogP contribution in [0.5, 0.6) is 0 Å². The molecule has 3 rings (SSSR count). The summed E-state index contributed by atoms with van der Waals surface area (Å²) in [6.07, 6.45) is 2.55. The summed E-state index contributed by atoms with van der Waals surface area (Å²) in [5, 5.41) is 6.02. The molecule has 6 heteroatoms. The van der Waals surface area contributed by atoms with Gasteiger partial charge in [-0.25, -0.2) is 0 Å². The Balaban J connectivity index is 1.66. The fraction of sp³-hybridized carbons (Fsp3) is 0.444. The van der Waals surface area contributed by atoms with Gasteiger partial charge in [0.05, 0.1) is 6.42 Å². The van der Waals surface area contributed by atoms with Crippen molar-refractivity contribution in [2.75, 3.05) is 13.1 Å². The van der Waals surface area contributed by atoms with Gasteiger partial charge in [-0.3, -0.25) is 14.4 Å². The zero-order valence-corrected chi connectivity index (χ0v) is 19.8. The zero-order chi connectivity index (χ0) is 23.8. The highest BCUT2D eigenvalue weighted by Crippen LogP contribution is 2.23. The molecule has 0 bridgehead atoms. The van der Waals surface area contributed by atoms with Gasteiger partial charge >= 0.3 is 0 Å². The highest BCUT2D eigenvalue weighted by molar-refractivity contribution is 5.97. The molecule has 0 saturated carbocycles. The van der Waals surface area contributed by atoms with Crippen molar-refractivity contribution < 1.29 is 14.4 Å². The van der Waals surface area contributed by atoms with Crippen molar-refractivity contribution >= 4 is 17.7 Å². The number of hydrogen-bond donors (Lipinski definition) is 2. The first-order valence-electron chi connectivity index (χ1n) is 11.9. The van der Waals surface area contributed by atoms with E-state index in [4.69, 9.17) is 0 Å². The maximum absolute atomic E-state index is 13.1. The summed E-state index contributed by atoms with van der Waals surface area (Å²) in [5.41, 5.74) is 2.54. The van der Waals surface area contributed by atoms with Gasteiger partial charge < -0.3 is 15.5 Å². The lowest BCUT2D eigenvalue weighted by molar-refractivity contribution is -0.132. The first-order valence-corrected chi connectivity index (χ1v) is 11.9. The molecule has 2 unspecified atom stereocenters. The van der Waals surface area contributed by atoms with Crippen molar-refractivity contribution in [2.24, 2.45) is 5.92 Å². The van der Waals surface area contributed by atoms with E-state index in [1.165, 1.54) is 0 Å². The number of nitrogens with one attached hydrogen (secondary N) is 2. The van der Waals surface area contributed by atoms with Gasteiger partial charge in [-0.05, 0) is 56.7 Å². The fourth-order valence-electron chi connectivity index (χ4n) is 4.21. The molecule has 3 amide bonds. The smallest absolute Gasteiger partial charge is 0.251 e. The first-order chi connectivity index (χ1) is 15.9. The Morgan fingerprint density at radius 2 is 1.70 bits per heavy atom. The largest absolute Gasteiger partial charge is 0.352 e. The van der Waals surface area contributed by atoms with Gasteiger partial charge in [-0.1, -0.05) is 55.0 Å². The van der Waals surface area contributed by atoms with Gasteiger partial charge in [-0.2, -0.15) is 0 Å². The van der Waals surface area contributed by atoms with E-state index >= 15 is 0 Å². The predicted octanol–water partition coefficient (Wildman–Crippen LogP) is 3.49. The second-order valence-corrected chi connectivity index (χ2v) is 9.02. The molecule has 33 heavy (non-hydrogen) atoms. The summed E-state index contributed by atoms with van der Waals surface area (Å²) < 4.78 is 0. The molecule has 2 aromatic carbocycles. The Morgan fingerprint density at radius 1 is 1.00 bits per heavy atom. The van der Waals surface area contributed by atoms with E-state index in [-0.39, 0.29) is 29.7 Å². The van der Waals surface area contributed by atoms with E-state index in [0.717, 1.165) is 17.5 Å². The molecule has 0 radical (unpaired) electrons. The van der Waals surface area contributed by atoms with Crippen molar-refractivity contribution in [1.82, 2.24) is 15.5 Å². The summed E-state index contributed by atoms with van der Waals surface area (Å²) in [6.45, 7) is 7.09. The Morgan fingerprint density at radius 3 is 2.33 bits per heavy atom. The van der Waals surface area contributed by atoms with Gasteiger partial charge in [-0.15, -0.1) is 0 Å². The minimum absolute atomic E-state index is 0.0245. The van der Waals surface area contributed by atoms with Crippen LogP contribution in [0, 0.1) is 12.8 Å². The van der Waals surface area contributed by atoms with Crippen LogP contribution < -0.4 is 10.6 Å². The quantitative estimate of drug-likeness (QED) is 0.648. The second-order valence-electron chi connectivity index (χ2n) is 9.02. The number of amides is 3. The SMILES string of the molecule is CCC(C)NC(=O)C(NC(=O)c1cccc(C)c1)C1CCN(C(=O)Cc2ccccc2)CC1. The number of hydrogen-bond acceptors (Lipinski definition) is 3. The van der Waals surface area contributed by atoms with Crippen LogP contribution >= 0.6 is 0 Å². The van der Waals surface area contributed by atoms with Crippen LogP contribution in [-0.4, -0.2) is 47.8 Å². The highest BCUT2D eigenvalue weighted by Gasteiger charge is 2.34. The number of rotatable bonds is 8. The van der Waals surface area contributed by atoms with Gasteiger partial charge in [0, 0.05) is 24.7 Å². The molecule has 176 valence electrons. The number of aryl methyl sites for hydroxylation is 1. The fourth-order valence-corrected chi connectivity index (χ4v) is 4.21. The van der Waals surface area contributed by atoms with Crippen molar-refractivity contribution in [3.8, 4) is 0 Å². The average Bonchev–Trinajstić information content (AvgIpc) is 2.83. The van der Waals surface area contributed by atoms with E-state index in [2.05, 4.69) is 10.6 Å². The lowest BCUT2D eigenvalue weighted by Gasteiger charge is -2.36. The van der Waals surface area contributed by atoms with Gasteiger partial charge in [0.2, 0.25) is 11.8 Å². The normalized spacial score (nSPS) is 16.0. The van der Waals surface area contributed by atoms with E-state index in [1.54, 1.807) is 6.07 Å². The maximum Gasteiger partial charge on any atom is 0.251 e. The summed E-state index contributed by atoms with van der Waals surface area (Å²) in [4.78, 5) is 40.6. The molecular formula is C27H35N3O3. The molecule has 1 saturated heterocycles. The third-order valence-electron chi connectivity index (χ3n) is 6.41. The van der Waals surface area contributed by atoms with Crippen LogP contribution in [0.1, 0.15) is 54.6 Å². The Bertz CT molecular complexity index is 952. The second kappa shape index (κ2) is 11.6. The average molecular weight is 450 g/mol. The van der Waals surface area contributed by atoms with E-state index in [9.17, 15) is 14.4 Å². The number of benzene rings is 2. The predicted molar refractivity (Wildman–Crippen MR) is 130 cm³/mol. The van der Waals surface area contributed by atoms with Crippen LogP contribution in [0.2, 0.25) is 0 Å². The molecular weight excluding hydrogens is 414 g/mol. The number of likely N-dealkylation sites (tertiary alicyclic amines) is 1. The third-order valence-corrected chi connectivity index (χ3v) is 6.41. The summed E-state index contributed by atoms with van der Waals surface area (Å²) >= 11 is 0. The topological polar surface area (TPSA) is 78.5 Å². The molecule has 1 aliphatic heterocycles. The molecule has 1 aliphatic rings. The van der Waals surface area contributed by atoms with Crippen LogP contribution in [-0.2, 0) is 16.0 Å². The Hall–Kier alpha value is -3.15. The molecule has 2 atom stereocenters. The Labute approximate surface area is 196 Å². The van der Waals surface area contributed by atoms with Gasteiger partial charge in [0.25, 0.3) is 5.91 Å². The monoisotopic (exact) mass is 449 g/mol. The van der Waals surface area contributed by atoms with E-state index < -0.39 is 6.04 Å². The zero-order valence-electron chi connectivity index (χ0n) is 19.8. The van der Waals surface area contributed by atoms with Crippen LogP contribution in [0.25, 0.3) is 0 Å². The molecule has 0 spiro atoms. The molecule has 0 aromatic heterocycles. The Kier molecular flexibility index (Phi) is 8.64. The van der Waals surface area contributed by atoms with Crippen LogP contribution in [0.4, 0.5) is 0 Å². The summed E-state index contributed by atoms with van der Waals surface area (Å²) in [6, 6.07) is 16.5. The summed E-state index contributed by atoms with van der Waals surface area (Å²) in [5.74, 6) is -0.322. The van der Waals surface area contributed by atoms with E-state index in [1.807, 2.05) is 74.2 Å². The van der Waals surface area contributed by atoms with Crippen molar-refractivity contribution in [1.29, 1.82) is 0 Å². The summed E-state index contributed by atoms with van der Waals surface area (Å²) in [7, 11) is 0. The van der Waals surface area contributed by atoms with Crippen molar-refractivity contribution in [3.63, 3.8) is 0 Å².